The van der Waals surface area contributed by atoms with Gasteiger partial charge in [0, 0.05) is 33.6 Å². The molecule has 0 unspecified atom stereocenters. The lowest BCUT2D eigenvalue weighted by molar-refractivity contribution is 0.0992. The Morgan fingerprint density at radius 3 is 2.77 bits per heavy atom. The van der Waals surface area contributed by atoms with E-state index in [0.29, 0.717) is 21.6 Å². The molecule has 0 radical (unpaired) electrons. The number of ketones is 1. The van der Waals surface area contributed by atoms with Gasteiger partial charge in [0.05, 0.1) is 11.8 Å². The molecule has 0 saturated heterocycles. The van der Waals surface area contributed by atoms with Crippen molar-refractivity contribution in [3.8, 4) is 11.1 Å². The van der Waals surface area contributed by atoms with Gasteiger partial charge in [-0.1, -0.05) is 36.4 Å². The van der Waals surface area contributed by atoms with Crippen LogP contribution in [0.15, 0.2) is 58.8 Å². The van der Waals surface area contributed by atoms with Crippen molar-refractivity contribution in [1.82, 2.24) is 15.0 Å². The molecule has 0 spiro atoms. The summed E-state index contributed by atoms with van der Waals surface area (Å²) in [7, 11) is 0. The Morgan fingerprint density at radius 1 is 1.10 bits per heavy atom. The van der Waals surface area contributed by atoms with Crippen molar-refractivity contribution in [2.75, 3.05) is 0 Å². The largest absolute Gasteiger partial charge is 0.360 e. The average molecular weight is 414 g/mol. The first-order chi connectivity index (χ1) is 14.5. The zero-order chi connectivity index (χ0) is 20.8. The van der Waals surface area contributed by atoms with E-state index in [9.17, 15) is 9.59 Å². The number of carbonyl (C=O) groups excluding carboxylic acids is 1. The first-order valence-corrected chi connectivity index (χ1v) is 10.6. The predicted molar refractivity (Wildman–Crippen MR) is 121 cm³/mol. The maximum absolute atomic E-state index is 12.9. The number of aromatic amines is 2. The summed E-state index contributed by atoms with van der Waals surface area (Å²) in [6, 6.07) is 13.8. The van der Waals surface area contributed by atoms with E-state index >= 15 is 0 Å². The number of Topliss-reactive ketones (excluding diaryl/α,β-unsaturated/α-hetero) is 1. The van der Waals surface area contributed by atoms with Crippen LogP contribution in [0.1, 0.15) is 27.3 Å². The molecular weight excluding hydrogens is 394 g/mol. The summed E-state index contributed by atoms with van der Waals surface area (Å²) in [6.45, 7) is 4.13. The monoisotopic (exact) mass is 413 g/mol. The molecule has 2 aromatic carbocycles. The Bertz CT molecular complexity index is 1490. The molecule has 0 fully saturated rings. The number of hydrogen-bond donors (Lipinski definition) is 2. The van der Waals surface area contributed by atoms with Gasteiger partial charge in [-0.25, -0.2) is 4.98 Å². The first-order valence-electron chi connectivity index (χ1n) is 9.68. The van der Waals surface area contributed by atoms with Crippen molar-refractivity contribution in [1.29, 1.82) is 0 Å². The van der Waals surface area contributed by atoms with E-state index in [1.807, 2.05) is 35.7 Å². The Balaban J connectivity index is 1.52. The molecule has 148 valence electrons. The number of benzene rings is 2. The zero-order valence-corrected chi connectivity index (χ0v) is 17.4. The fraction of sp³-hybridized carbons (Fsp3) is 0.125. The number of aryl methyl sites for hydroxylation is 2. The standard InChI is InChI=1S/C24H19N3O2S/c1-13-7-8-15(9-14(13)2)18-12-30-24-22(18)23(29)26-21(27-24)10-20(28)17-11-25-19-6-4-3-5-16(17)19/h3-9,11-12,25H,10H2,1-2H3,(H,26,27,29). The number of rotatable bonds is 4. The summed E-state index contributed by atoms with van der Waals surface area (Å²) in [5.74, 6) is 0.303. The molecule has 0 atom stereocenters. The van der Waals surface area contributed by atoms with Gasteiger partial charge in [0.25, 0.3) is 5.56 Å². The van der Waals surface area contributed by atoms with Gasteiger partial charge in [0.1, 0.15) is 10.7 Å². The number of nitrogens with zero attached hydrogens (tertiary/aromatic N) is 1. The van der Waals surface area contributed by atoms with Gasteiger partial charge in [-0.15, -0.1) is 11.3 Å². The number of thiophene rings is 1. The van der Waals surface area contributed by atoms with E-state index in [2.05, 4.69) is 40.9 Å². The van der Waals surface area contributed by atoms with Crippen molar-refractivity contribution in [3.63, 3.8) is 0 Å². The lowest BCUT2D eigenvalue weighted by Gasteiger charge is -2.05. The molecule has 5 nitrogen and oxygen atoms in total. The summed E-state index contributed by atoms with van der Waals surface area (Å²) in [6.07, 6.45) is 1.76. The van der Waals surface area contributed by atoms with Gasteiger partial charge in [0.15, 0.2) is 5.78 Å². The van der Waals surface area contributed by atoms with Crippen LogP contribution in [-0.4, -0.2) is 20.7 Å². The lowest BCUT2D eigenvalue weighted by Crippen LogP contribution is -2.14. The number of fused-ring (bicyclic) bond motifs is 2. The molecule has 3 aromatic heterocycles. The smallest absolute Gasteiger partial charge is 0.260 e. The molecule has 0 amide bonds. The molecule has 2 N–H and O–H groups in total. The number of nitrogens with one attached hydrogen (secondary N) is 2. The third-order valence-electron chi connectivity index (χ3n) is 5.53. The Morgan fingerprint density at radius 2 is 1.93 bits per heavy atom. The van der Waals surface area contributed by atoms with Crippen LogP contribution in [-0.2, 0) is 6.42 Å². The van der Waals surface area contributed by atoms with Crippen LogP contribution in [0.4, 0.5) is 0 Å². The summed E-state index contributed by atoms with van der Waals surface area (Å²) in [5.41, 5.74) is 5.57. The van der Waals surface area contributed by atoms with E-state index in [1.54, 1.807) is 6.20 Å². The van der Waals surface area contributed by atoms with Crippen LogP contribution >= 0.6 is 11.3 Å². The highest BCUT2D eigenvalue weighted by molar-refractivity contribution is 7.17. The maximum Gasteiger partial charge on any atom is 0.260 e. The van der Waals surface area contributed by atoms with Crippen LogP contribution in [0.25, 0.3) is 32.2 Å². The second-order valence-corrected chi connectivity index (χ2v) is 8.35. The summed E-state index contributed by atoms with van der Waals surface area (Å²) >= 11 is 1.43. The maximum atomic E-state index is 12.9. The van der Waals surface area contributed by atoms with E-state index in [0.717, 1.165) is 22.0 Å². The third-order valence-corrected chi connectivity index (χ3v) is 6.40. The molecular formula is C24H19N3O2S. The van der Waals surface area contributed by atoms with Crippen LogP contribution in [0.5, 0.6) is 0 Å². The highest BCUT2D eigenvalue weighted by Gasteiger charge is 2.17. The predicted octanol–water partition coefficient (Wildman–Crippen LogP) is 5.18. The van der Waals surface area contributed by atoms with Crippen molar-refractivity contribution in [2.24, 2.45) is 0 Å². The molecule has 0 saturated carbocycles. The van der Waals surface area contributed by atoms with Crippen LogP contribution in [0, 0.1) is 13.8 Å². The quantitative estimate of drug-likeness (QED) is 0.399. The molecule has 6 heteroatoms. The molecule has 0 aliphatic rings. The fourth-order valence-electron chi connectivity index (χ4n) is 3.75. The van der Waals surface area contributed by atoms with Gasteiger partial charge in [-0.3, -0.25) is 9.59 Å². The zero-order valence-electron chi connectivity index (χ0n) is 16.6. The molecule has 0 bridgehead atoms. The second-order valence-electron chi connectivity index (χ2n) is 7.49. The minimum atomic E-state index is -0.212. The van der Waals surface area contributed by atoms with Gasteiger partial charge >= 0.3 is 0 Å². The van der Waals surface area contributed by atoms with Crippen molar-refractivity contribution >= 4 is 38.2 Å². The SMILES string of the molecule is Cc1ccc(-c2csc3nc(CC(=O)c4c[nH]c5ccccc45)[nH]c(=O)c23)cc1C. The topological polar surface area (TPSA) is 78.6 Å². The van der Waals surface area contributed by atoms with Gasteiger partial charge in [-0.2, -0.15) is 0 Å². The summed E-state index contributed by atoms with van der Waals surface area (Å²) in [4.78, 5) is 36.9. The minimum Gasteiger partial charge on any atom is -0.360 e. The van der Waals surface area contributed by atoms with Gasteiger partial charge < -0.3 is 9.97 Å². The third kappa shape index (κ3) is 3.06. The highest BCUT2D eigenvalue weighted by atomic mass is 32.1. The van der Waals surface area contributed by atoms with Crippen LogP contribution < -0.4 is 5.56 Å². The number of para-hydroxylation sites is 1. The number of H-pyrrole nitrogens is 2. The molecule has 0 aliphatic carbocycles. The average Bonchev–Trinajstić information content (AvgIpc) is 3.34. The fourth-order valence-corrected chi connectivity index (χ4v) is 4.71. The highest BCUT2D eigenvalue weighted by Crippen LogP contribution is 2.32. The van der Waals surface area contributed by atoms with E-state index in [-0.39, 0.29) is 17.8 Å². The minimum absolute atomic E-state index is 0.0455. The van der Waals surface area contributed by atoms with Crippen molar-refractivity contribution < 1.29 is 4.79 Å². The molecule has 0 aliphatic heterocycles. The van der Waals surface area contributed by atoms with E-state index in [1.165, 1.54) is 22.5 Å². The van der Waals surface area contributed by atoms with Gasteiger partial charge in [-0.05, 0) is 36.6 Å². The molecule has 30 heavy (non-hydrogen) atoms. The van der Waals surface area contributed by atoms with E-state index < -0.39 is 0 Å². The van der Waals surface area contributed by atoms with Crippen LogP contribution in [0.3, 0.4) is 0 Å². The Hall–Kier alpha value is -3.51. The summed E-state index contributed by atoms with van der Waals surface area (Å²) in [5, 5.41) is 3.41. The van der Waals surface area contributed by atoms with Crippen molar-refractivity contribution in [3.05, 3.63) is 86.9 Å². The molecule has 5 rings (SSSR count). The number of carbonyl (C=O) groups is 1. The lowest BCUT2D eigenvalue weighted by atomic mass is 10.0. The van der Waals surface area contributed by atoms with Gasteiger partial charge in [0.2, 0.25) is 0 Å². The Kier molecular flexibility index (Phi) is 4.37. The second kappa shape index (κ2) is 7.07. The number of hydrogen-bond acceptors (Lipinski definition) is 4. The first kappa shape index (κ1) is 18.5. The van der Waals surface area contributed by atoms with E-state index in [4.69, 9.17) is 0 Å². The Labute approximate surface area is 176 Å². The van der Waals surface area contributed by atoms with Crippen LogP contribution in [0.2, 0.25) is 0 Å². The molecule has 3 heterocycles. The number of aromatic nitrogens is 3. The normalized spacial score (nSPS) is 11.4. The molecule has 5 aromatic rings. The van der Waals surface area contributed by atoms with Crippen molar-refractivity contribution in [2.45, 2.75) is 20.3 Å². The summed E-state index contributed by atoms with van der Waals surface area (Å²) < 4.78 is 0.